The van der Waals surface area contributed by atoms with Crippen molar-refractivity contribution < 1.29 is 18.7 Å². The standard InChI is InChI=1S/C11H9FO3/c1-3-11(2)14-9-5-4-7(12)6-8(9)10(13)15-11/h3-6H,1H2,2H3. The van der Waals surface area contributed by atoms with E-state index in [-0.39, 0.29) is 5.56 Å². The Morgan fingerprint density at radius 2 is 2.20 bits per heavy atom. The number of esters is 1. The van der Waals surface area contributed by atoms with Crippen LogP contribution < -0.4 is 4.74 Å². The number of rotatable bonds is 1. The summed E-state index contributed by atoms with van der Waals surface area (Å²) in [5.74, 6) is -1.99. The molecule has 0 aromatic heterocycles. The fourth-order valence-electron chi connectivity index (χ4n) is 1.31. The zero-order valence-electron chi connectivity index (χ0n) is 8.12. The molecule has 78 valence electrons. The molecule has 1 aliphatic heterocycles. The molecule has 2 rings (SSSR count). The van der Waals surface area contributed by atoms with E-state index < -0.39 is 17.6 Å². The van der Waals surface area contributed by atoms with Crippen LogP contribution in [0.5, 0.6) is 5.75 Å². The Hall–Kier alpha value is -1.84. The zero-order valence-corrected chi connectivity index (χ0v) is 8.12. The first kappa shape index (κ1) is 9.71. The highest BCUT2D eigenvalue weighted by molar-refractivity contribution is 5.93. The SMILES string of the molecule is C=CC1(C)OC(=O)c2cc(F)ccc2O1. The summed E-state index contributed by atoms with van der Waals surface area (Å²) in [6.07, 6.45) is 1.37. The molecule has 1 aliphatic rings. The van der Waals surface area contributed by atoms with Gasteiger partial charge in [0.1, 0.15) is 17.1 Å². The van der Waals surface area contributed by atoms with Gasteiger partial charge in [-0.3, -0.25) is 0 Å². The summed E-state index contributed by atoms with van der Waals surface area (Å²) in [6.45, 7) is 5.06. The Morgan fingerprint density at radius 1 is 1.47 bits per heavy atom. The second kappa shape index (κ2) is 3.08. The predicted octanol–water partition coefficient (Wildman–Crippen LogP) is 2.28. The molecule has 0 N–H and O–H groups in total. The van der Waals surface area contributed by atoms with Crippen molar-refractivity contribution in [3.63, 3.8) is 0 Å². The van der Waals surface area contributed by atoms with Crippen LogP contribution in [-0.2, 0) is 4.74 Å². The van der Waals surface area contributed by atoms with E-state index in [0.717, 1.165) is 6.07 Å². The number of cyclic esters (lactones) is 1. The van der Waals surface area contributed by atoms with Crippen LogP contribution in [-0.4, -0.2) is 11.8 Å². The summed E-state index contributed by atoms with van der Waals surface area (Å²) < 4.78 is 23.2. The second-order valence-electron chi connectivity index (χ2n) is 3.35. The quantitative estimate of drug-likeness (QED) is 0.524. The second-order valence-corrected chi connectivity index (χ2v) is 3.35. The lowest BCUT2D eigenvalue weighted by Crippen LogP contribution is -2.39. The van der Waals surface area contributed by atoms with E-state index in [0.29, 0.717) is 5.75 Å². The molecular weight excluding hydrogens is 199 g/mol. The fourth-order valence-corrected chi connectivity index (χ4v) is 1.31. The summed E-state index contributed by atoms with van der Waals surface area (Å²) in [7, 11) is 0. The molecular formula is C11H9FO3. The maximum atomic E-state index is 12.9. The van der Waals surface area contributed by atoms with E-state index >= 15 is 0 Å². The summed E-state index contributed by atoms with van der Waals surface area (Å²) in [5.41, 5.74) is 0.0920. The largest absolute Gasteiger partial charge is 0.448 e. The zero-order chi connectivity index (χ0) is 11.1. The third kappa shape index (κ3) is 1.58. The predicted molar refractivity (Wildman–Crippen MR) is 51.0 cm³/mol. The maximum absolute atomic E-state index is 12.9. The van der Waals surface area contributed by atoms with Crippen molar-refractivity contribution in [1.82, 2.24) is 0 Å². The first-order valence-electron chi connectivity index (χ1n) is 4.39. The average Bonchev–Trinajstić information content (AvgIpc) is 2.20. The third-order valence-corrected chi connectivity index (χ3v) is 2.14. The maximum Gasteiger partial charge on any atom is 0.345 e. The molecule has 4 heteroatoms. The molecule has 0 bridgehead atoms. The molecule has 0 aliphatic carbocycles. The van der Waals surface area contributed by atoms with Gasteiger partial charge in [0, 0.05) is 6.92 Å². The normalized spacial score (nSPS) is 23.7. The van der Waals surface area contributed by atoms with Crippen LogP contribution in [0.15, 0.2) is 30.9 Å². The first-order chi connectivity index (χ1) is 7.04. The van der Waals surface area contributed by atoms with Gasteiger partial charge in [-0.25, -0.2) is 9.18 Å². The topological polar surface area (TPSA) is 35.5 Å². The number of ether oxygens (including phenoxy) is 2. The van der Waals surface area contributed by atoms with Crippen LogP contribution in [0.1, 0.15) is 17.3 Å². The summed E-state index contributed by atoms with van der Waals surface area (Å²) in [6, 6.07) is 3.70. The van der Waals surface area contributed by atoms with Crippen LogP contribution >= 0.6 is 0 Å². The highest BCUT2D eigenvalue weighted by Crippen LogP contribution is 2.32. The number of carbonyl (C=O) groups excluding carboxylic acids is 1. The molecule has 0 saturated heterocycles. The van der Waals surface area contributed by atoms with Crippen LogP contribution in [0.25, 0.3) is 0 Å². The molecule has 0 fully saturated rings. The van der Waals surface area contributed by atoms with E-state index in [1.807, 2.05) is 0 Å². The number of carbonyl (C=O) groups is 1. The molecule has 1 heterocycles. The first-order valence-corrected chi connectivity index (χ1v) is 4.39. The van der Waals surface area contributed by atoms with Gasteiger partial charge in [-0.1, -0.05) is 6.58 Å². The molecule has 0 spiro atoms. The van der Waals surface area contributed by atoms with Gasteiger partial charge >= 0.3 is 5.97 Å². The van der Waals surface area contributed by atoms with Gasteiger partial charge in [-0.05, 0) is 24.3 Å². The van der Waals surface area contributed by atoms with Gasteiger partial charge in [-0.2, -0.15) is 0 Å². The lowest BCUT2D eigenvalue weighted by Gasteiger charge is -2.31. The van der Waals surface area contributed by atoms with Crippen molar-refractivity contribution in [3.8, 4) is 5.75 Å². The molecule has 15 heavy (non-hydrogen) atoms. The lowest BCUT2D eigenvalue weighted by molar-refractivity contribution is -0.105. The highest BCUT2D eigenvalue weighted by Gasteiger charge is 2.35. The molecule has 1 unspecified atom stereocenters. The van der Waals surface area contributed by atoms with E-state index in [4.69, 9.17) is 9.47 Å². The third-order valence-electron chi connectivity index (χ3n) is 2.14. The van der Waals surface area contributed by atoms with Crippen molar-refractivity contribution >= 4 is 5.97 Å². The molecule has 0 radical (unpaired) electrons. The van der Waals surface area contributed by atoms with Crippen LogP contribution in [0.4, 0.5) is 4.39 Å². The Bertz CT molecular complexity index is 441. The molecule has 1 aromatic rings. The van der Waals surface area contributed by atoms with E-state index in [1.54, 1.807) is 6.92 Å². The van der Waals surface area contributed by atoms with Gasteiger partial charge in [0.2, 0.25) is 0 Å². The van der Waals surface area contributed by atoms with Crippen LogP contribution in [0.2, 0.25) is 0 Å². The average molecular weight is 208 g/mol. The number of hydrogen-bond acceptors (Lipinski definition) is 3. The molecule has 1 atom stereocenters. The fraction of sp³-hybridized carbons (Fsp3) is 0.182. The minimum absolute atomic E-state index is 0.0920. The minimum atomic E-state index is -1.18. The van der Waals surface area contributed by atoms with Gasteiger partial charge in [0.05, 0.1) is 0 Å². The van der Waals surface area contributed by atoms with Crippen molar-refractivity contribution in [2.75, 3.05) is 0 Å². The Balaban J connectivity index is 2.50. The molecule has 3 nitrogen and oxygen atoms in total. The summed E-state index contributed by atoms with van der Waals surface area (Å²) in [4.78, 5) is 11.5. The summed E-state index contributed by atoms with van der Waals surface area (Å²) in [5, 5.41) is 0. The smallest absolute Gasteiger partial charge is 0.345 e. The number of fused-ring (bicyclic) bond motifs is 1. The number of hydrogen-bond donors (Lipinski definition) is 0. The minimum Gasteiger partial charge on any atom is -0.448 e. The number of halogens is 1. The van der Waals surface area contributed by atoms with Gasteiger partial charge < -0.3 is 9.47 Å². The van der Waals surface area contributed by atoms with Gasteiger partial charge in [0.25, 0.3) is 5.79 Å². The molecule has 0 amide bonds. The van der Waals surface area contributed by atoms with Crippen molar-refractivity contribution in [1.29, 1.82) is 0 Å². The monoisotopic (exact) mass is 208 g/mol. The number of benzene rings is 1. The van der Waals surface area contributed by atoms with Crippen molar-refractivity contribution in [2.45, 2.75) is 12.7 Å². The molecule has 0 saturated carbocycles. The Labute approximate surface area is 86.1 Å². The van der Waals surface area contributed by atoms with Crippen LogP contribution in [0, 0.1) is 5.82 Å². The molecule has 1 aromatic carbocycles. The van der Waals surface area contributed by atoms with E-state index in [1.165, 1.54) is 18.2 Å². The highest BCUT2D eigenvalue weighted by atomic mass is 19.1. The van der Waals surface area contributed by atoms with Gasteiger partial charge in [-0.15, -0.1) is 0 Å². The summed E-state index contributed by atoms with van der Waals surface area (Å²) >= 11 is 0. The van der Waals surface area contributed by atoms with Crippen molar-refractivity contribution in [3.05, 3.63) is 42.2 Å². The lowest BCUT2D eigenvalue weighted by atomic mass is 10.1. The Morgan fingerprint density at radius 3 is 2.87 bits per heavy atom. The van der Waals surface area contributed by atoms with Crippen LogP contribution in [0.3, 0.4) is 0 Å². The van der Waals surface area contributed by atoms with Crippen molar-refractivity contribution in [2.24, 2.45) is 0 Å². The Kier molecular flexibility index (Phi) is 2.00. The van der Waals surface area contributed by atoms with Gasteiger partial charge in [0.15, 0.2) is 0 Å². The van der Waals surface area contributed by atoms with E-state index in [2.05, 4.69) is 6.58 Å². The van der Waals surface area contributed by atoms with E-state index in [9.17, 15) is 9.18 Å².